The number of rotatable bonds is 6. The lowest BCUT2D eigenvalue weighted by atomic mass is 10.1. The standard InChI is InChI=1S/C21H18N2O6/c1-13(20(24)22-17-9-5-7-14-6-3-4-8-16(14)17)29-21(25)15-10-11-19(28-2)18(12-15)23(26)27/h3-13H,1-2H3,(H,22,24)/t13-/m0/s1. The topological polar surface area (TPSA) is 108 Å². The van der Waals surface area contributed by atoms with Crippen LogP contribution in [0.5, 0.6) is 5.75 Å². The summed E-state index contributed by atoms with van der Waals surface area (Å²) in [5.41, 5.74) is 0.174. The number of nitrogens with zero attached hydrogens (tertiary/aromatic N) is 1. The molecule has 0 aliphatic rings. The molecule has 0 aromatic heterocycles. The van der Waals surface area contributed by atoms with Gasteiger partial charge in [-0.15, -0.1) is 0 Å². The zero-order valence-corrected chi connectivity index (χ0v) is 15.7. The van der Waals surface area contributed by atoms with Crippen LogP contribution in [0.15, 0.2) is 60.7 Å². The zero-order valence-electron chi connectivity index (χ0n) is 15.7. The van der Waals surface area contributed by atoms with Gasteiger partial charge in [-0.25, -0.2) is 4.79 Å². The maximum atomic E-state index is 12.5. The second kappa shape index (κ2) is 8.39. The molecule has 0 unspecified atom stereocenters. The molecule has 3 aromatic carbocycles. The van der Waals surface area contributed by atoms with Crippen molar-refractivity contribution >= 4 is 34.0 Å². The highest BCUT2D eigenvalue weighted by molar-refractivity contribution is 6.04. The van der Waals surface area contributed by atoms with Gasteiger partial charge >= 0.3 is 11.7 Å². The zero-order chi connectivity index (χ0) is 21.0. The molecule has 0 fully saturated rings. The molecule has 0 heterocycles. The number of anilines is 1. The fraction of sp³-hybridized carbons (Fsp3) is 0.143. The van der Waals surface area contributed by atoms with Gasteiger partial charge in [0.2, 0.25) is 0 Å². The monoisotopic (exact) mass is 394 g/mol. The summed E-state index contributed by atoms with van der Waals surface area (Å²) >= 11 is 0. The molecule has 1 amide bonds. The molecular formula is C21H18N2O6. The van der Waals surface area contributed by atoms with Gasteiger partial charge in [-0.05, 0) is 30.5 Å². The Morgan fingerprint density at radius 3 is 2.52 bits per heavy atom. The van der Waals surface area contributed by atoms with Crippen LogP contribution in [0.2, 0.25) is 0 Å². The van der Waals surface area contributed by atoms with Gasteiger partial charge in [0.05, 0.1) is 17.6 Å². The Morgan fingerprint density at radius 1 is 1.07 bits per heavy atom. The van der Waals surface area contributed by atoms with Crippen LogP contribution < -0.4 is 10.1 Å². The van der Waals surface area contributed by atoms with Crippen LogP contribution in [-0.4, -0.2) is 30.0 Å². The van der Waals surface area contributed by atoms with Crippen LogP contribution >= 0.6 is 0 Å². The van der Waals surface area contributed by atoms with Gasteiger partial charge in [0.15, 0.2) is 11.9 Å². The van der Waals surface area contributed by atoms with Gasteiger partial charge in [0, 0.05) is 17.1 Å². The third-order valence-electron chi connectivity index (χ3n) is 4.31. The van der Waals surface area contributed by atoms with Crippen LogP contribution in [-0.2, 0) is 9.53 Å². The van der Waals surface area contributed by atoms with Crippen LogP contribution in [0, 0.1) is 10.1 Å². The minimum Gasteiger partial charge on any atom is -0.490 e. The first kappa shape index (κ1) is 19.8. The number of hydrogen-bond donors (Lipinski definition) is 1. The van der Waals surface area contributed by atoms with Crippen molar-refractivity contribution in [3.63, 3.8) is 0 Å². The first-order chi connectivity index (χ1) is 13.9. The number of carbonyl (C=O) groups is 2. The second-order valence-corrected chi connectivity index (χ2v) is 6.21. The summed E-state index contributed by atoms with van der Waals surface area (Å²) < 4.78 is 10.1. The molecule has 3 rings (SSSR count). The van der Waals surface area contributed by atoms with E-state index in [4.69, 9.17) is 9.47 Å². The number of benzene rings is 3. The van der Waals surface area contributed by atoms with Gasteiger partial charge in [0.1, 0.15) is 0 Å². The summed E-state index contributed by atoms with van der Waals surface area (Å²) in [6.07, 6.45) is -1.11. The molecule has 0 saturated carbocycles. The van der Waals surface area contributed by atoms with E-state index in [9.17, 15) is 19.7 Å². The molecule has 0 aliphatic carbocycles. The molecule has 0 spiro atoms. The third kappa shape index (κ3) is 4.32. The number of ether oxygens (including phenoxy) is 2. The van der Waals surface area contributed by atoms with E-state index in [1.807, 2.05) is 36.4 Å². The average Bonchev–Trinajstić information content (AvgIpc) is 2.73. The van der Waals surface area contributed by atoms with Gasteiger partial charge in [-0.2, -0.15) is 0 Å². The fourth-order valence-electron chi connectivity index (χ4n) is 2.81. The summed E-state index contributed by atoms with van der Waals surface area (Å²) in [5.74, 6) is -1.35. The van der Waals surface area contributed by atoms with Gasteiger partial charge in [0.25, 0.3) is 5.91 Å². The summed E-state index contributed by atoms with van der Waals surface area (Å²) in [7, 11) is 1.29. The van der Waals surface area contributed by atoms with Gasteiger partial charge in [-0.1, -0.05) is 36.4 Å². The maximum absolute atomic E-state index is 12.5. The summed E-state index contributed by atoms with van der Waals surface area (Å²) in [6, 6.07) is 16.7. The van der Waals surface area contributed by atoms with Crippen molar-refractivity contribution in [1.82, 2.24) is 0 Å². The normalized spacial score (nSPS) is 11.5. The van der Waals surface area contributed by atoms with Gasteiger partial charge in [-0.3, -0.25) is 14.9 Å². The highest BCUT2D eigenvalue weighted by Crippen LogP contribution is 2.28. The van der Waals surface area contributed by atoms with Crippen molar-refractivity contribution in [2.24, 2.45) is 0 Å². The summed E-state index contributed by atoms with van der Waals surface area (Å²) in [6.45, 7) is 1.43. The number of fused-ring (bicyclic) bond motifs is 1. The van der Waals surface area contributed by atoms with E-state index in [0.717, 1.165) is 16.8 Å². The number of carbonyl (C=O) groups excluding carboxylic acids is 2. The molecule has 1 N–H and O–H groups in total. The number of esters is 1. The Morgan fingerprint density at radius 2 is 1.79 bits per heavy atom. The molecule has 29 heavy (non-hydrogen) atoms. The highest BCUT2D eigenvalue weighted by Gasteiger charge is 2.23. The van der Waals surface area contributed by atoms with Crippen LogP contribution in [0.3, 0.4) is 0 Å². The number of hydrogen-bond acceptors (Lipinski definition) is 6. The number of methoxy groups -OCH3 is 1. The minimum absolute atomic E-state index is 0.0216. The number of nitrogens with one attached hydrogen (secondary N) is 1. The van der Waals surface area contributed by atoms with E-state index < -0.39 is 22.9 Å². The first-order valence-corrected chi connectivity index (χ1v) is 8.72. The van der Waals surface area contributed by atoms with E-state index in [1.165, 1.54) is 26.2 Å². The predicted molar refractivity (Wildman–Crippen MR) is 107 cm³/mol. The smallest absolute Gasteiger partial charge is 0.339 e. The SMILES string of the molecule is COc1ccc(C(=O)O[C@@H](C)C(=O)Nc2cccc3ccccc23)cc1[N+](=O)[O-]. The molecule has 0 saturated heterocycles. The number of amides is 1. The molecule has 8 nitrogen and oxygen atoms in total. The van der Waals surface area contributed by atoms with Crippen molar-refractivity contribution < 1.29 is 24.0 Å². The number of nitro benzene ring substituents is 1. The van der Waals surface area contributed by atoms with Crippen molar-refractivity contribution in [1.29, 1.82) is 0 Å². The van der Waals surface area contributed by atoms with Crippen LogP contribution in [0.4, 0.5) is 11.4 Å². The van der Waals surface area contributed by atoms with Crippen LogP contribution in [0.1, 0.15) is 17.3 Å². The Balaban J connectivity index is 1.73. The Hall–Kier alpha value is -3.94. The lowest BCUT2D eigenvalue weighted by molar-refractivity contribution is -0.385. The largest absolute Gasteiger partial charge is 0.490 e. The van der Waals surface area contributed by atoms with Crippen molar-refractivity contribution in [2.45, 2.75) is 13.0 Å². The Labute approximate surface area is 166 Å². The molecule has 3 aromatic rings. The van der Waals surface area contributed by atoms with E-state index in [1.54, 1.807) is 6.07 Å². The van der Waals surface area contributed by atoms with E-state index in [2.05, 4.69) is 5.32 Å². The Kier molecular flexibility index (Phi) is 5.73. The van der Waals surface area contributed by atoms with E-state index >= 15 is 0 Å². The maximum Gasteiger partial charge on any atom is 0.339 e. The molecule has 1 atom stereocenters. The molecular weight excluding hydrogens is 376 g/mol. The quantitative estimate of drug-likeness (QED) is 0.385. The molecule has 8 heteroatoms. The van der Waals surface area contributed by atoms with Crippen LogP contribution in [0.25, 0.3) is 10.8 Å². The second-order valence-electron chi connectivity index (χ2n) is 6.21. The minimum atomic E-state index is -1.11. The van der Waals surface area contributed by atoms with E-state index in [0.29, 0.717) is 5.69 Å². The van der Waals surface area contributed by atoms with Crippen molar-refractivity contribution in [2.75, 3.05) is 12.4 Å². The highest BCUT2D eigenvalue weighted by atomic mass is 16.6. The molecule has 0 bridgehead atoms. The molecule has 0 aliphatic heterocycles. The predicted octanol–water partition coefficient (Wildman–Crippen LogP) is 3.94. The third-order valence-corrected chi connectivity index (χ3v) is 4.31. The van der Waals surface area contributed by atoms with E-state index in [-0.39, 0.29) is 17.0 Å². The summed E-state index contributed by atoms with van der Waals surface area (Å²) in [5, 5.41) is 15.7. The molecule has 148 valence electrons. The number of nitro groups is 1. The average molecular weight is 394 g/mol. The lowest BCUT2D eigenvalue weighted by Gasteiger charge is -2.15. The Bertz CT molecular complexity index is 1090. The van der Waals surface area contributed by atoms with Crippen molar-refractivity contribution in [3.05, 3.63) is 76.3 Å². The van der Waals surface area contributed by atoms with Gasteiger partial charge < -0.3 is 14.8 Å². The first-order valence-electron chi connectivity index (χ1n) is 8.72. The summed E-state index contributed by atoms with van der Waals surface area (Å²) in [4.78, 5) is 35.3. The fourth-order valence-corrected chi connectivity index (χ4v) is 2.81. The molecule has 0 radical (unpaired) electrons. The lowest BCUT2D eigenvalue weighted by Crippen LogP contribution is -2.30. The van der Waals surface area contributed by atoms with Crippen molar-refractivity contribution in [3.8, 4) is 5.75 Å².